The van der Waals surface area contributed by atoms with Crippen LogP contribution in [0.15, 0.2) is 35.1 Å². The molecule has 0 amide bonds. The van der Waals surface area contributed by atoms with Crippen molar-refractivity contribution in [2.24, 2.45) is 0 Å². The van der Waals surface area contributed by atoms with Gasteiger partial charge in [-0.15, -0.1) is 0 Å². The Balaban J connectivity index is 2.66. The highest BCUT2D eigenvalue weighted by molar-refractivity contribution is 5.08. The second-order valence-corrected chi connectivity index (χ2v) is 4.38. The number of nitrogens with zero attached hydrogens (tertiary/aromatic N) is 1. The van der Waals surface area contributed by atoms with Gasteiger partial charge in [-0.3, -0.25) is 4.79 Å². The highest BCUT2D eigenvalue weighted by Crippen LogP contribution is 1.99. The molecule has 16 heavy (non-hydrogen) atoms. The molecule has 0 fully saturated rings. The molecule has 0 aliphatic heterocycles. The lowest BCUT2D eigenvalue weighted by Gasteiger charge is -2.13. The Bertz CT molecular complexity index is 418. The minimum Gasteiger partial charge on any atom is -0.311 e. The first-order valence-electron chi connectivity index (χ1n) is 5.57. The molecule has 0 bridgehead atoms. The zero-order chi connectivity index (χ0) is 12.1. The molecule has 0 saturated heterocycles. The maximum Gasteiger partial charge on any atom is 0.251 e. The van der Waals surface area contributed by atoms with Gasteiger partial charge in [0.1, 0.15) is 0 Å². The maximum atomic E-state index is 11.6. The zero-order valence-corrected chi connectivity index (χ0v) is 10.3. The second-order valence-electron chi connectivity index (χ2n) is 4.38. The van der Waals surface area contributed by atoms with E-state index in [9.17, 15) is 4.79 Å². The third-order valence-electron chi connectivity index (χ3n) is 2.41. The van der Waals surface area contributed by atoms with Crippen LogP contribution in [0.3, 0.4) is 0 Å². The molecular formula is C13H20N2O. The van der Waals surface area contributed by atoms with Crippen LogP contribution in [0.1, 0.15) is 19.5 Å². The van der Waals surface area contributed by atoms with Crippen molar-refractivity contribution in [3.63, 3.8) is 0 Å². The number of rotatable bonds is 5. The number of hydrogen-bond donors (Lipinski definition) is 1. The van der Waals surface area contributed by atoms with Gasteiger partial charge >= 0.3 is 0 Å². The Morgan fingerprint density at radius 3 is 2.75 bits per heavy atom. The van der Waals surface area contributed by atoms with Crippen molar-refractivity contribution in [3.05, 3.63) is 46.4 Å². The Hall–Kier alpha value is -1.35. The van der Waals surface area contributed by atoms with E-state index in [1.165, 1.54) is 0 Å². The fourth-order valence-corrected chi connectivity index (χ4v) is 1.45. The average Bonchev–Trinajstić information content (AvgIpc) is 2.21. The Labute approximate surface area is 96.8 Å². The van der Waals surface area contributed by atoms with Crippen molar-refractivity contribution >= 4 is 0 Å². The van der Waals surface area contributed by atoms with Gasteiger partial charge in [-0.05, 0) is 18.6 Å². The molecule has 1 aromatic heterocycles. The third-order valence-corrected chi connectivity index (χ3v) is 2.41. The smallest absolute Gasteiger partial charge is 0.251 e. The molecule has 0 aliphatic rings. The maximum absolute atomic E-state index is 11.6. The lowest BCUT2D eigenvalue weighted by Crippen LogP contribution is -2.28. The van der Waals surface area contributed by atoms with E-state index in [0.29, 0.717) is 12.6 Å². The molecule has 3 nitrogen and oxygen atoms in total. The number of aromatic nitrogens is 1. The van der Waals surface area contributed by atoms with E-state index in [1.54, 1.807) is 16.7 Å². The Kier molecular flexibility index (Phi) is 4.50. The van der Waals surface area contributed by atoms with Crippen LogP contribution in [0.4, 0.5) is 0 Å². The van der Waals surface area contributed by atoms with Crippen LogP contribution < -0.4 is 10.9 Å². The summed E-state index contributed by atoms with van der Waals surface area (Å²) in [6.45, 7) is 11.4. The average molecular weight is 220 g/mol. The van der Waals surface area contributed by atoms with Crippen molar-refractivity contribution in [2.75, 3.05) is 6.54 Å². The van der Waals surface area contributed by atoms with Crippen LogP contribution in [0.5, 0.6) is 0 Å². The lowest BCUT2D eigenvalue weighted by molar-refractivity contribution is 0.597. The minimum atomic E-state index is 0.0331. The van der Waals surface area contributed by atoms with E-state index in [1.807, 2.05) is 13.0 Å². The zero-order valence-electron chi connectivity index (χ0n) is 10.3. The normalized spacial score (nSPS) is 10.8. The summed E-state index contributed by atoms with van der Waals surface area (Å²) >= 11 is 0. The summed E-state index contributed by atoms with van der Waals surface area (Å²) in [4.78, 5) is 11.6. The van der Waals surface area contributed by atoms with E-state index in [2.05, 4.69) is 25.7 Å². The molecule has 0 radical (unpaired) electrons. The standard InChI is InChI=1S/C13H20N2O/c1-10(2)14-8-11(3)9-15-12(4)6-5-7-13(15)16/h5-7,10,14H,3,8-9H2,1-2,4H3. The largest absolute Gasteiger partial charge is 0.311 e. The van der Waals surface area contributed by atoms with Gasteiger partial charge in [-0.2, -0.15) is 0 Å². The SMILES string of the molecule is C=C(CNC(C)C)Cn1c(C)cccc1=O. The van der Waals surface area contributed by atoms with E-state index >= 15 is 0 Å². The molecule has 1 N–H and O–H groups in total. The van der Waals surface area contributed by atoms with Gasteiger partial charge in [0.15, 0.2) is 0 Å². The molecule has 0 aromatic carbocycles. The number of nitrogens with one attached hydrogen (secondary N) is 1. The molecule has 0 aliphatic carbocycles. The summed E-state index contributed by atoms with van der Waals surface area (Å²) in [6, 6.07) is 5.73. The second kappa shape index (κ2) is 5.66. The van der Waals surface area contributed by atoms with Crippen LogP contribution in [0, 0.1) is 6.92 Å². The van der Waals surface area contributed by atoms with Gasteiger partial charge in [0.25, 0.3) is 5.56 Å². The Morgan fingerprint density at radius 2 is 2.19 bits per heavy atom. The fourth-order valence-electron chi connectivity index (χ4n) is 1.45. The summed E-state index contributed by atoms with van der Waals surface area (Å²) in [6.07, 6.45) is 0. The summed E-state index contributed by atoms with van der Waals surface area (Å²) in [5, 5.41) is 3.29. The van der Waals surface area contributed by atoms with Crippen LogP contribution in [0.25, 0.3) is 0 Å². The highest BCUT2D eigenvalue weighted by Gasteiger charge is 2.02. The summed E-state index contributed by atoms with van der Waals surface area (Å²) in [5.74, 6) is 0. The van der Waals surface area contributed by atoms with Gasteiger partial charge in [0.2, 0.25) is 0 Å². The minimum absolute atomic E-state index is 0.0331. The molecule has 0 spiro atoms. The van der Waals surface area contributed by atoms with Crippen molar-refractivity contribution < 1.29 is 0 Å². The van der Waals surface area contributed by atoms with Crippen molar-refractivity contribution in [3.8, 4) is 0 Å². The topological polar surface area (TPSA) is 34.0 Å². The van der Waals surface area contributed by atoms with Gasteiger partial charge in [-0.25, -0.2) is 0 Å². The van der Waals surface area contributed by atoms with Gasteiger partial charge in [-0.1, -0.05) is 26.5 Å². The van der Waals surface area contributed by atoms with Crippen molar-refractivity contribution in [1.82, 2.24) is 9.88 Å². The summed E-state index contributed by atoms with van der Waals surface area (Å²) in [7, 11) is 0. The first kappa shape index (κ1) is 12.7. The molecule has 0 saturated carbocycles. The van der Waals surface area contributed by atoms with Crippen LogP contribution >= 0.6 is 0 Å². The van der Waals surface area contributed by atoms with E-state index < -0.39 is 0 Å². The van der Waals surface area contributed by atoms with Crippen LogP contribution in [-0.4, -0.2) is 17.2 Å². The van der Waals surface area contributed by atoms with E-state index in [0.717, 1.165) is 17.8 Å². The third kappa shape index (κ3) is 3.66. The quantitative estimate of drug-likeness (QED) is 0.766. The Morgan fingerprint density at radius 1 is 1.50 bits per heavy atom. The molecule has 0 atom stereocenters. The molecule has 1 heterocycles. The van der Waals surface area contributed by atoms with E-state index in [4.69, 9.17) is 0 Å². The molecule has 1 aromatic rings. The number of pyridine rings is 1. The molecular weight excluding hydrogens is 200 g/mol. The molecule has 3 heteroatoms. The van der Waals surface area contributed by atoms with Crippen LogP contribution in [0.2, 0.25) is 0 Å². The van der Waals surface area contributed by atoms with Gasteiger partial charge < -0.3 is 9.88 Å². The van der Waals surface area contributed by atoms with Crippen LogP contribution in [-0.2, 0) is 6.54 Å². The summed E-state index contributed by atoms with van der Waals surface area (Å²) < 4.78 is 1.74. The fraction of sp³-hybridized carbons (Fsp3) is 0.462. The molecule has 1 rings (SSSR count). The first-order valence-corrected chi connectivity index (χ1v) is 5.57. The van der Waals surface area contributed by atoms with Crippen molar-refractivity contribution in [1.29, 1.82) is 0 Å². The predicted molar refractivity (Wildman–Crippen MR) is 67.7 cm³/mol. The lowest BCUT2D eigenvalue weighted by atomic mass is 10.2. The molecule has 88 valence electrons. The molecule has 0 unspecified atom stereocenters. The monoisotopic (exact) mass is 220 g/mol. The highest BCUT2D eigenvalue weighted by atomic mass is 16.1. The predicted octanol–water partition coefficient (Wildman–Crippen LogP) is 1.71. The van der Waals surface area contributed by atoms with Gasteiger partial charge in [0.05, 0.1) is 0 Å². The number of aryl methyl sites for hydroxylation is 1. The van der Waals surface area contributed by atoms with Crippen molar-refractivity contribution in [2.45, 2.75) is 33.4 Å². The first-order chi connectivity index (χ1) is 7.50. The summed E-state index contributed by atoms with van der Waals surface area (Å²) in [5.41, 5.74) is 2.02. The van der Waals surface area contributed by atoms with E-state index in [-0.39, 0.29) is 5.56 Å². The van der Waals surface area contributed by atoms with Gasteiger partial charge in [0, 0.05) is 30.9 Å². The number of hydrogen-bond acceptors (Lipinski definition) is 2.